The van der Waals surface area contributed by atoms with Crippen LogP contribution in [0, 0.1) is 68.0 Å². The van der Waals surface area contributed by atoms with Gasteiger partial charge in [0.1, 0.15) is 59.9 Å². The standard InChI is InChI=1S/C26H24F2N8/c27-19-7-21(17(11-29)12-30)23(15-33)25(9-19)35-5-3-1-2-4-6-36-26-10-20(28)8-22(24(26)16-34)18(13-31)14-32/h19-20,35-36H,1-10H2. The van der Waals surface area contributed by atoms with Crippen LogP contribution < -0.4 is 10.6 Å². The van der Waals surface area contributed by atoms with Crippen LogP contribution in [0.2, 0.25) is 0 Å². The van der Waals surface area contributed by atoms with Crippen molar-refractivity contribution in [3.63, 3.8) is 0 Å². The molecule has 2 aliphatic rings. The number of allylic oxidation sites excluding steroid dienone is 8. The number of hydrogen-bond acceptors (Lipinski definition) is 8. The third kappa shape index (κ3) is 6.93. The Kier molecular flexibility index (Phi) is 10.7. The Morgan fingerprint density at radius 3 is 1.28 bits per heavy atom. The summed E-state index contributed by atoms with van der Waals surface area (Å²) in [6, 6.07) is 10.9. The van der Waals surface area contributed by atoms with Gasteiger partial charge in [0.15, 0.2) is 0 Å². The van der Waals surface area contributed by atoms with E-state index in [1.807, 2.05) is 12.1 Å². The molecule has 0 radical (unpaired) electrons. The average Bonchev–Trinajstić information content (AvgIpc) is 2.87. The van der Waals surface area contributed by atoms with Gasteiger partial charge < -0.3 is 10.6 Å². The van der Waals surface area contributed by atoms with E-state index in [0.29, 0.717) is 24.5 Å². The van der Waals surface area contributed by atoms with Crippen molar-refractivity contribution in [1.29, 1.82) is 31.6 Å². The molecule has 2 N–H and O–H groups in total. The molecule has 0 aromatic carbocycles. The van der Waals surface area contributed by atoms with E-state index < -0.39 is 12.3 Å². The number of rotatable bonds is 9. The van der Waals surface area contributed by atoms with Crippen LogP contribution in [0.3, 0.4) is 0 Å². The van der Waals surface area contributed by atoms with Crippen LogP contribution in [0.25, 0.3) is 0 Å². The molecule has 2 atom stereocenters. The predicted molar refractivity (Wildman–Crippen MR) is 125 cm³/mol. The molecule has 0 aromatic rings. The Morgan fingerprint density at radius 1 is 0.611 bits per heavy atom. The monoisotopic (exact) mass is 486 g/mol. The SMILES string of the molecule is N#CC(C#N)=C1CC(F)CC(NCCCCCCNC2=C(C#N)C(=C(C#N)C#N)CC(F)C2)=C1C#N. The Hall–Kier alpha value is -4.64. The summed E-state index contributed by atoms with van der Waals surface area (Å²) in [6.07, 6.45) is 0.374. The first-order valence-electron chi connectivity index (χ1n) is 11.5. The lowest BCUT2D eigenvalue weighted by Crippen LogP contribution is -2.25. The van der Waals surface area contributed by atoms with Crippen LogP contribution in [-0.4, -0.2) is 25.4 Å². The third-order valence-electron chi connectivity index (χ3n) is 5.96. The normalized spacial score (nSPS) is 19.1. The Morgan fingerprint density at radius 2 is 0.972 bits per heavy atom. The number of hydrogen-bond donors (Lipinski definition) is 2. The average molecular weight is 487 g/mol. The van der Waals surface area contributed by atoms with Gasteiger partial charge in [-0.3, -0.25) is 0 Å². The van der Waals surface area contributed by atoms with Gasteiger partial charge in [-0.1, -0.05) is 12.8 Å². The largest absolute Gasteiger partial charge is 0.387 e. The minimum absolute atomic E-state index is 0.0299. The molecule has 0 bridgehead atoms. The molecule has 2 rings (SSSR count). The minimum atomic E-state index is -1.27. The fourth-order valence-electron chi connectivity index (χ4n) is 4.25. The van der Waals surface area contributed by atoms with E-state index >= 15 is 0 Å². The maximum atomic E-state index is 14.2. The van der Waals surface area contributed by atoms with Crippen LogP contribution in [-0.2, 0) is 0 Å². The van der Waals surface area contributed by atoms with Crippen molar-refractivity contribution >= 4 is 0 Å². The van der Waals surface area contributed by atoms with Gasteiger partial charge in [0.25, 0.3) is 0 Å². The lowest BCUT2D eigenvalue weighted by Gasteiger charge is -2.23. The van der Waals surface area contributed by atoms with Crippen LogP contribution in [0.5, 0.6) is 0 Å². The van der Waals surface area contributed by atoms with Crippen molar-refractivity contribution in [2.45, 2.75) is 63.7 Å². The van der Waals surface area contributed by atoms with Gasteiger partial charge in [0.05, 0.1) is 11.1 Å². The summed E-state index contributed by atoms with van der Waals surface area (Å²) in [6.45, 7) is 0.990. The fraction of sp³-hybridized carbons (Fsp3) is 0.462. The summed E-state index contributed by atoms with van der Waals surface area (Å²) in [5, 5.41) is 61.5. The maximum absolute atomic E-state index is 14.2. The molecule has 0 saturated heterocycles. The summed E-state index contributed by atoms with van der Waals surface area (Å²) in [7, 11) is 0. The molecular formula is C26H24F2N8. The molecule has 0 spiro atoms. The van der Waals surface area contributed by atoms with E-state index in [0.717, 1.165) is 25.7 Å². The van der Waals surface area contributed by atoms with Gasteiger partial charge in [0, 0.05) is 61.3 Å². The van der Waals surface area contributed by atoms with E-state index in [9.17, 15) is 19.3 Å². The van der Waals surface area contributed by atoms with Gasteiger partial charge in [-0.25, -0.2) is 8.78 Å². The number of nitriles is 6. The highest BCUT2D eigenvalue weighted by molar-refractivity contribution is 5.58. The number of halogens is 2. The van der Waals surface area contributed by atoms with Crippen LogP contribution in [0.4, 0.5) is 8.78 Å². The van der Waals surface area contributed by atoms with Crippen molar-refractivity contribution in [1.82, 2.24) is 10.6 Å². The first-order chi connectivity index (χ1) is 17.4. The Labute approximate surface area is 209 Å². The van der Waals surface area contributed by atoms with Crippen molar-refractivity contribution in [3.05, 3.63) is 44.8 Å². The van der Waals surface area contributed by atoms with Crippen LogP contribution in [0.15, 0.2) is 44.8 Å². The first kappa shape index (κ1) is 27.6. The first-order valence-corrected chi connectivity index (χ1v) is 11.5. The lowest BCUT2D eigenvalue weighted by molar-refractivity contribution is 0.315. The summed E-state index contributed by atoms with van der Waals surface area (Å²) >= 11 is 0. The third-order valence-corrected chi connectivity index (χ3v) is 5.96. The number of nitrogens with zero attached hydrogens (tertiary/aromatic N) is 6. The van der Waals surface area contributed by atoms with Crippen molar-refractivity contribution < 1.29 is 8.78 Å². The fourth-order valence-corrected chi connectivity index (χ4v) is 4.25. The van der Waals surface area contributed by atoms with Crippen LogP contribution in [0.1, 0.15) is 51.4 Å². The molecule has 0 fully saturated rings. The highest BCUT2D eigenvalue weighted by atomic mass is 19.1. The summed E-state index contributed by atoms with van der Waals surface area (Å²) in [5.41, 5.74) is 0.943. The van der Waals surface area contributed by atoms with E-state index in [1.165, 1.54) is 0 Å². The molecule has 0 saturated carbocycles. The summed E-state index contributed by atoms with van der Waals surface area (Å²) in [5.74, 6) is 0. The van der Waals surface area contributed by atoms with Crippen molar-refractivity contribution in [2.75, 3.05) is 13.1 Å². The highest BCUT2D eigenvalue weighted by Gasteiger charge is 2.28. The van der Waals surface area contributed by atoms with Crippen molar-refractivity contribution in [2.24, 2.45) is 0 Å². The van der Waals surface area contributed by atoms with E-state index in [-0.39, 0.29) is 59.1 Å². The molecular weight excluding hydrogens is 462 g/mol. The van der Waals surface area contributed by atoms with Crippen molar-refractivity contribution in [3.8, 4) is 36.4 Å². The molecule has 8 nitrogen and oxygen atoms in total. The lowest BCUT2D eigenvalue weighted by atomic mass is 9.87. The topological polar surface area (TPSA) is 167 Å². The minimum Gasteiger partial charge on any atom is -0.387 e. The molecule has 0 heterocycles. The molecule has 0 aliphatic heterocycles. The predicted octanol–water partition coefficient (Wildman–Crippen LogP) is 4.23. The maximum Gasteiger partial charge on any atom is 0.134 e. The van der Waals surface area contributed by atoms with E-state index in [1.54, 1.807) is 24.3 Å². The second kappa shape index (κ2) is 13.9. The zero-order valence-corrected chi connectivity index (χ0v) is 19.7. The van der Waals surface area contributed by atoms with Gasteiger partial charge in [-0.05, 0) is 12.8 Å². The van der Waals surface area contributed by atoms with Gasteiger partial charge in [0.2, 0.25) is 0 Å². The Bertz CT molecular complexity index is 1120. The molecule has 2 unspecified atom stereocenters. The molecule has 2 aliphatic carbocycles. The zero-order chi connectivity index (χ0) is 26.5. The smallest absolute Gasteiger partial charge is 0.134 e. The molecule has 182 valence electrons. The van der Waals surface area contributed by atoms with Crippen LogP contribution >= 0.6 is 0 Å². The summed E-state index contributed by atoms with van der Waals surface area (Å²) < 4.78 is 28.3. The molecule has 36 heavy (non-hydrogen) atoms. The van der Waals surface area contributed by atoms with Gasteiger partial charge in [-0.2, -0.15) is 31.6 Å². The zero-order valence-electron chi connectivity index (χ0n) is 19.7. The quantitative estimate of drug-likeness (QED) is 0.360. The molecule has 0 amide bonds. The Balaban J connectivity index is 1.87. The number of alkyl halides is 2. The number of unbranched alkanes of at least 4 members (excludes halogenated alkanes) is 3. The van der Waals surface area contributed by atoms with E-state index in [4.69, 9.17) is 21.0 Å². The number of nitrogens with one attached hydrogen (secondary N) is 2. The molecule has 0 aromatic heterocycles. The second-order valence-electron chi connectivity index (χ2n) is 8.36. The van der Waals surface area contributed by atoms with Gasteiger partial charge in [-0.15, -0.1) is 0 Å². The van der Waals surface area contributed by atoms with Gasteiger partial charge >= 0.3 is 0 Å². The van der Waals surface area contributed by atoms with E-state index in [2.05, 4.69) is 10.6 Å². The summed E-state index contributed by atoms with van der Waals surface area (Å²) in [4.78, 5) is 0. The second-order valence-corrected chi connectivity index (χ2v) is 8.36. The highest BCUT2D eigenvalue weighted by Crippen LogP contribution is 2.33. The molecule has 10 heteroatoms.